The summed E-state index contributed by atoms with van der Waals surface area (Å²) in [5.41, 5.74) is 2.26. The fourth-order valence-corrected chi connectivity index (χ4v) is 3.13. The van der Waals surface area contributed by atoms with E-state index >= 15 is 0 Å². The number of aromatic nitrogens is 2. The van der Waals surface area contributed by atoms with E-state index in [0.717, 1.165) is 16.5 Å². The molecule has 0 spiro atoms. The fourth-order valence-electron chi connectivity index (χ4n) is 3.13. The summed E-state index contributed by atoms with van der Waals surface area (Å²) in [7, 11) is 4.71. The highest BCUT2D eigenvalue weighted by atomic mass is 16.5. The molecular formula is C20H21N3O4. The molecule has 2 aromatic heterocycles. The molecule has 1 aromatic carbocycles. The zero-order valence-electron chi connectivity index (χ0n) is 15.4. The quantitative estimate of drug-likeness (QED) is 0.687. The van der Waals surface area contributed by atoms with E-state index in [9.17, 15) is 9.90 Å². The summed E-state index contributed by atoms with van der Waals surface area (Å²) in [6, 6.07) is 12.1. The average Bonchev–Trinajstić information content (AvgIpc) is 2.68. The number of para-hydroxylation sites is 1. The van der Waals surface area contributed by atoms with Crippen LogP contribution in [0.25, 0.3) is 10.9 Å². The second kappa shape index (κ2) is 8.01. The Morgan fingerprint density at radius 3 is 2.63 bits per heavy atom. The number of pyridine rings is 2. The van der Waals surface area contributed by atoms with E-state index in [1.165, 1.54) is 14.2 Å². The maximum absolute atomic E-state index is 12.0. The van der Waals surface area contributed by atoms with Gasteiger partial charge in [0.2, 0.25) is 11.8 Å². The Kier molecular flexibility index (Phi) is 5.52. The number of hydrogen-bond acceptors (Lipinski definition) is 6. The van der Waals surface area contributed by atoms with Crippen LogP contribution in [0, 0.1) is 0 Å². The summed E-state index contributed by atoms with van der Waals surface area (Å²) in [5, 5.41) is 10.9. The van der Waals surface area contributed by atoms with E-state index in [1.807, 2.05) is 30.3 Å². The van der Waals surface area contributed by atoms with Gasteiger partial charge in [-0.05, 0) is 24.7 Å². The van der Waals surface area contributed by atoms with Crippen molar-refractivity contribution in [1.82, 2.24) is 14.9 Å². The predicted octanol–water partition coefficient (Wildman–Crippen LogP) is 2.90. The van der Waals surface area contributed by atoms with Gasteiger partial charge in [0.05, 0.1) is 19.7 Å². The fraction of sp³-hybridized carbons (Fsp3) is 0.250. The normalized spacial score (nSPS) is 12.1. The van der Waals surface area contributed by atoms with Crippen LogP contribution < -0.4 is 9.47 Å². The van der Waals surface area contributed by atoms with E-state index in [4.69, 9.17) is 9.47 Å². The minimum absolute atomic E-state index is 0.227. The molecule has 0 radical (unpaired) electrons. The Labute approximate surface area is 157 Å². The molecule has 0 bridgehead atoms. The lowest BCUT2D eigenvalue weighted by atomic mass is 10.0. The van der Waals surface area contributed by atoms with Crippen LogP contribution in [0.2, 0.25) is 0 Å². The van der Waals surface area contributed by atoms with Gasteiger partial charge in [0, 0.05) is 29.8 Å². The lowest BCUT2D eigenvalue weighted by molar-refractivity contribution is -0.143. The number of aliphatic carboxylic acids is 1. The average molecular weight is 367 g/mol. The first-order valence-electron chi connectivity index (χ1n) is 8.39. The molecule has 0 amide bonds. The number of carboxylic acid groups (broad SMARTS) is 1. The van der Waals surface area contributed by atoms with E-state index in [-0.39, 0.29) is 5.88 Å². The van der Waals surface area contributed by atoms with Gasteiger partial charge < -0.3 is 14.6 Å². The number of rotatable bonds is 7. The summed E-state index contributed by atoms with van der Waals surface area (Å²) >= 11 is 0. The standard InChI is InChI=1S/C20H21N3O4/c1-23(12-14-7-4-6-13-8-5-11-21-17(13)14)18(20(24)25)15-9-10-16(26-2)22-19(15)27-3/h4-11,18H,12H2,1-3H3,(H,24,25)/t18-/m1/s1. The topological polar surface area (TPSA) is 84.8 Å². The van der Waals surface area contributed by atoms with Gasteiger partial charge >= 0.3 is 5.97 Å². The molecule has 0 unspecified atom stereocenters. The minimum Gasteiger partial charge on any atom is -0.481 e. The summed E-state index contributed by atoms with van der Waals surface area (Å²) in [5.74, 6) is -0.402. The molecule has 7 heteroatoms. The van der Waals surface area contributed by atoms with Crippen LogP contribution in [0.4, 0.5) is 0 Å². The number of nitrogens with zero attached hydrogens (tertiary/aromatic N) is 3. The second-order valence-corrected chi connectivity index (χ2v) is 6.10. The van der Waals surface area contributed by atoms with E-state index in [0.29, 0.717) is 18.0 Å². The first-order chi connectivity index (χ1) is 13.0. The minimum atomic E-state index is -0.990. The van der Waals surface area contributed by atoms with E-state index in [2.05, 4.69) is 9.97 Å². The van der Waals surface area contributed by atoms with Crippen molar-refractivity contribution in [2.24, 2.45) is 0 Å². The SMILES string of the molecule is COc1ccc([C@H](C(=O)O)N(C)Cc2cccc3cccnc23)c(OC)n1. The first-order valence-corrected chi connectivity index (χ1v) is 8.39. The Morgan fingerprint density at radius 2 is 1.93 bits per heavy atom. The molecular weight excluding hydrogens is 346 g/mol. The van der Waals surface area contributed by atoms with Gasteiger partial charge in [0.1, 0.15) is 6.04 Å². The molecule has 0 aliphatic carbocycles. The van der Waals surface area contributed by atoms with Crippen LogP contribution in [0.1, 0.15) is 17.2 Å². The van der Waals surface area contributed by atoms with Crippen molar-refractivity contribution in [1.29, 1.82) is 0 Å². The van der Waals surface area contributed by atoms with Gasteiger partial charge in [0.25, 0.3) is 0 Å². The van der Waals surface area contributed by atoms with Crippen LogP contribution in [-0.4, -0.2) is 47.2 Å². The van der Waals surface area contributed by atoms with E-state index in [1.54, 1.807) is 30.3 Å². The maximum atomic E-state index is 12.0. The Bertz CT molecular complexity index is 956. The molecule has 1 N–H and O–H groups in total. The number of carboxylic acids is 1. The maximum Gasteiger partial charge on any atom is 0.325 e. The highest BCUT2D eigenvalue weighted by Gasteiger charge is 2.29. The van der Waals surface area contributed by atoms with Crippen LogP contribution in [0.15, 0.2) is 48.7 Å². The molecule has 7 nitrogen and oxygen atoms in total. The first kappa shape index (κ1) is 18.6. The molecule has 3 rings (SSSR count). The van der Waals surface area contributed by atoms with Crippen molar-refractivity contribution in [3.05, 3.63) is 59.8 Å². The number of hydrogen-bond donors (Lipinski definition) is 1. The Balaban J connectivity index is 1.97. The zero-order chi connectivity index (χ0) is 19.4. The smallest absolute Gasteiger partial charge is 0.325 e. The molecule has 0 saturated carbocycles. The van der Waals surface area contributed by atoms with Crippen molar-refractivity contribution < 1.29 is 19.4 Å². The Hall–Kier alpha value is -3.19. The van der Waals surface area contributed by atoms with Crippen LogP contribution in [0.3, 0.4) is 0 Å². The van der Waals surface area contributed by atoms with Gasteiger partial charge in [-0.3, -0.25) is 14.7 Å². The molecule has 1 atom stereocenters. The van der Waals surface area contributed by atoms with Gasteiger partial charge in [-0.1, -0.05) is 24.3 Å². The van der Waals surface area contributed by atoms with Crippen molar-refractivity contribution in [3.63, 3.8) is 0 Å². The van der Waals surface area contributed by atoms with Crippen LogP contribution in [-0.2, 0) is 11.3 Å². The number of likely N-dealkylation sites (N-methyl/N-ethyl adjacent to an activating group) is 1. The van der Waals surface area contributed by atoms with Crippen molar-refractivity contribution in [2.75, 3.05) is 21.3 Å². The second-order valence-electron chi connectivity index (χ2n) is 6.10. The van der Waals surface area contributed by atoms with Gasteiger partial charge in [-0.25, -0.2) is 0 Å². The molecule has 27 heavy (non-hydrogen) atoms. The van der Waals surface area contributed by atoms with Gasteiger partial charge in [0.15, 0.2) is 0 Å². The molecule has 0 fully saturated rings. The number of ether oxygens (including phenoxy) is 2. The molecule has 2 heterocycles. The number of fused-ring (bicyclic) bond motifs is 1. The van der Waals surface area contributed by atoms with Crippen LogP contribution >= 0.6 is 0 Å². The molecule has 0 aliphatic rings. The number of carbonyl (C=O) groups is 1. The van der Waals surface area contributed by atoms with E-state index < -0.39 is 12.0 Å². The van der Waals surface area contributed by atoms with Crippen molar-refractivity contribution in [3.8, 4) is 11.8 Å². The lowest BCUT2D eigenvalue weighted by Gasteiger charge is -2.26. The van der Waals surface area contributed by atoms with Crippen molar-refractivity contribution in [2.45, 2.75) is 12.6 Å². The monoisotopic (exact) mass is 367 g/mol. The third-order valence-corrected chi connectivity index (χ3v) is 4.37. The zero-order valence-corrected chi connectivity index (χ0v) is 15.4. The van der Waals surface area contributed by atoms with Gasteiger partial charge in [-0.15, -0.1) is 0 Å². The summed E-state index contributed by atoms with van der Waals surface area (Å²) in [4.78, 5) is 22.4. The highest BCUT2D eigenvalue weighted by Crippen LogP contribution is 2.31. The highest BCUT2D eigenvalue weighted by molar-refractivity contribution is 5.81. The lowest BCUT2D eigenvalue weighted by Crippen LogP contribution is -2.31. The predicted molar refractivity (Wildman–Crippen MR) is 101 cm³/mol. The molecule has 140 valence electrons. The molecule has 3 aromatic rings. The van der Waals surface area contributed by atoms with Crippen molar-refractivity contribution >= 4 is 16.9 Å². The van der Waals surface area contributed by atoms with Crippen LogP contribution in [0.5, 0.6) is 11.8 Å². The summed E-state index contributed by atoms with van der Waals surface area (Å²) in [6.45, 7) is 0.403. The number of benzene rings is 1. The molecule has 0 aliphatic heterocycles. The third kappa shape index (κ3) is 3.83. The van der Waals surface area contributed by atoms with Gasteiger partial charge in [-0.2, -0.15) is 4.98 Å². The summed E-state index contributed by atoms with van der Waals surface area (Å²) < 4.78 is 10.4. The Morgan fingerprint density at radius 1 is 1.15 bits per heavy atom. The molecule has 0 saturated heterocycles. The summed E-state index contributed by atoms with van der Waals surface area (Å²) in [6.07, 6.45) is 1.73. The largest absolute Gasteiger partial charge is 0.481 e. The third-order valence-electron chi connectivity index (χ3n) is 4.37. The number of methoxy groups -OCH3 is 2.